The summed E-state index contributed by atoms with van der Waals surface area (Å²) in [5.41, 5.74) is 3.65. The number of hydrogen-bond donors (Lipinski definition) is 2. The minimum Gasteiger partial charge on any atom is -0.490 e. The molecule has 1 spiro atoms. The maximum atomic E-state index is 13.3. The van der Waals surface area contributed by atoms with Crippen molar-refractivity contribution in [1.29, 1.82) is 0 Å². The van der Waals surface area contributed by atoms with Crippen LogP contribution in [-0.4, -0.2) is 52.6 Å². The van der Waals surface area contributed by atoms with E-state index in [0.29, 0.717) is 30.9 Å². The molecule has 2 heterocycles. The second-order valence-electron chi connectivity index (χ2n) is 11.9. The molecule has 0 radical (unpaired) electrons. The molecular weight excluding hydrogens is 612 g/mol. The lowest BCUT2D eigenvalue weighted by molar-refractivity contribution is 0.0455. The Morgan fingerprint density at radius 3 is 2.83 bits per heavy atom. The van der Waals surface area contributed by atoms with Gasteiger partial charge < -0.3 is 14.7 Å². The van der Waals surface area contributed by atoms with E-state index in [2.05, 4.69) is 43.6 Å². The standard InChI is InChI=1S/C31H36BrClN2O4S/c1-40(38)13-3-5-23(32)16-28(36)25-9-6-22(25)17-35-18-31(12-2-4-20-14-24(33)8-10-26(20)31)19-39-29-11-7-21(15-27(29)35)30(37)34-40/h7-8,10-11,14-16,22,25,28,36H,1-6,9,12-13,17-19H2,(H,34,37,38)/b23-16-/t22-,25+,28-,31-,40?/m0/s1. The van der Waals surface area contributed by atoms with Crippen LogP contribution in [0.2, 0.25) is 5.02 Å². The molecule has 0 aromatic heterocycles. The molecule has 2 aromatic rings. The Balaban J connectivity index is 1.42. The number of aliphatic hydroxyl groups excluding tert-OH is 1. The molecule has 1 fully saturated rings. The van der Waals surface area contributed by atoms with Crippen LogP contribution in [0.1, 0.15) is 60.0 Å². The van der Waals surface area contributed by atoms with Crippen LogP contribution in [0.4, 0.5) is 5.69 Å². The van der Waals surface area contributed by atoms with Gasteiger partial charge in [-0.25, -0.2) is 4.21 Å². The van der Waals surface area contributed by atoms with E-state index in [1.54, 1.807) is 6.07 Å². The zero-order chi connectivity index (χ0) is 28.1. The van der Waals surface area contributed by atoms with Crippen LogP contribution in [0.15, 0.2) is 47.0 Å². The average molecular weight is 648 g/mol. The van der Waals surface area contributed by atoms with E-state index in [-0.39, 0.29) is 17.1 Å². The SMILES string of the molecule is C=S1(=O)CCC/C(Br)=C/[C@H](O)[C@@H]2CC[C@H]2CN2C[C@@]3(CCCc4cc(Cl)ccc43)COc3ccc(cc32)C(=O)N1. The van der Waals surface area contributed by atoms with Crippen molar-refractivity contribution in [2.24, 2.45) is 11.8 Å². The van der Waals surface area contributed by atoms with Crippen molar-refractivity contribution >= 4 is 54.7 Å². The van der Waals surface area contributed by atoms with Gasteiger partial charge in [-0.3, -0.25) is 9.52 Å². The number of rotatable bonds is 0. The van der Waals surface area contributed by atoms with Gasteiger partial charge in [-0.2, -0.15) is 0 Å². The van der Waals surface area contributed by atoms with Crippen LogP contribution in [-0.2, 0) is 21.5 Å². The summed E-state index contributed by atoms with van der Waals surface area (Å²) in [6.07, 6.45) is 7.62. The summed E-state index contributed by atoms with van der Waals surface area (Å²) in [4.78, 5) is 15.6. The molecule has 214 valence electrons. The quantitative estimate of drug-likeness (QED) is 0.363. The number of allylic oxidation sites excluding steroid dienone is 1. The smallest absolute Gasteiger partial charge is 0.262 e. The van der Waals surface area contributed by atoms with Crippen molar-refractivity contribution in [2.75, 3.05) is 30.3 Å². The second-order valence-corrected chi connectivity index (χ2v) is 15.6. The molecule has 2 aliphatic heterocycles. The first-order valence-corrected chi connectivity index (χ1v) is 17.2. The van der Waals surface area contributed by atoms with Gasteiger partial charge in [0.25, 0.3) is 5.91 Å². The lowest BCUT2D eigenvalue weighted by Crippen LogP contribution is -2.49. The number of aryl methyl sites for hydroxylation is 1. The maximum absolute atomic E-state index is 13.3. The molecule has 2 aromatic carbocycles. The number of fused-ring (bicyclic) bond motifs is 4. The molecule has 40 heavy (non-hydrogen) atoms. The van der Waals surface area contributed by atoms with E-state index in [9.17, 15) is 14.1 Å². The minimum absolute atomic E-state index is 0.157. The first-order chi connectivity index (χ1) is 19.1. The number of carbonyl (C=O) groups excluding carboxylic acids is 1. The summed E-state index contributed by atoms with van der Waals surface area (Å²) in [5.74, 6) is 4.90. The third-order valence-electron chi connectivity index (χ3n) is 9.19. The molecular formula is C31H36BrClN2O4S. The number of nitrogens with one attached hydrogen (secondary N) is 1. The van der Waals surface area contributed by atoms with Crippen LogP contribution < -0.4 is 14.4 Å². The van der Waals surface area contributed by atoms with E-state index >= 15 is 0 Å². The molecule has 9 heteroatoms. The summed E-state index contributed by atoms with van der Waals surface area (Å²) in [5, 5.41) is 11.9. The van der Waals surface area contributed by atoms with Gasteiger partial charge in [0.1, 0.15) is 5.75 Å². The molecule has 0 saturated heterocycles. The van der Waals surface area contributed by atoms with Crippen molar-refractivity contribution in [3.63, 3.8) is 0 Å². The zero-order valence-corrected chi connectivity index (χ0v) is 25.7. The van der Waals surface area contributed by atoms with Crippen LogP contribution in [0.5, 0.6) is 5.75 Å². The van der Waals surface area contributed by atoms with Gasteiger partial charge in [0.2, 0.25) is 0 Å². The van der Waals surface area contributed by atoms with Gasteiger partial charge in [-0.1, -0.05) is 33.6 Å². The number of amides is 1. The first kappa shape index (κ1) is 28.1. The van der Waals surface area contributed by atoms with Crippen molar-refractivity contribution < 1.29 is 18.8 Å². The zero-order valence-electron chi connectivity index (χ0n) is 22.5. The number of aliphatic hydroxyl groups is 1. The number of anilines is 1. The van der Waals surface area contributed by atoms with Gasteiger partial charge in [0.05, 0.1) is 18.4 Å². The van der Waals surface area contributed by atoms with Crippen molar-refractivity contribution in [3.8, 4) is 5.75 Å². The topological polar surface area (TPSA) is 78.9 Å². The lowest BCUT2D eigenvalue weighted by Gasteiger charge is -2.45. The molecule has 2 N–H and O–H groups in total. The highest BCUT2D eigenvalue weighted by Gasteiger charge is 2.44. The fourth-order valence-corrected chi connectivity index (χ4v) is 8.87. The van der Waals surface area contributed by atoms with E-state index in [1.165, 1.54) is 11.1 Å². The Hall–Kier alpha value is -2.00. The first-order valence-electron chi connectivity index (χ1n) is 14.1. The molecule has 6 nitrogen and oxygen atoms in total. The Morgan fingerprint density at radius 2 is 2.02 bits per heavy atom. The fraction of sp³-hybridized carbons (Fsp3) is 0.484. The molecule has 4 aliphatic rings. The lowest BCUT2D eigenvalue weighted by atomic mass is 9.68. The summed E-state index contributed by atoms with van der Waals surface area (Å²) in [6, 6.07) is 11.7. The van der Waals surface area contributed by atoms with E-state index in [0.717, 1.165) is 66.1 Å². The molecule has 1 unspecified atom stereocenters. The van der Waals surface area contributed by atoms with E-state index in [4.69, 9.17) is 16.3 Å². The predicted molar refractivity (Wildman–Crippen MR) is 166 cm³/mol. The van der Waals surface area contributed by atoms with Gasteiger partial charge >= 0.3 is 0 Å². The normalized spacial score (nSPS) is 33.8. The Labute approximate surface area is 250 Å². The molecule has 6 rings (SSSR count). The summed E-state index contributed by atoms with van der Waals surface area (Å²) in [6.45, 7) is 2.03. The Morgan fingerprint density at radius 1 is 1.18 bits per heavy atom. The Kier molecular flexibility index (Phi) is 7.74. The van der Waals surface area contributed by atoms with Crippen LogP contribution in [0.3, 0.4) is 0 Å². The van der Waals surface area contributed by atoms with Gasteiger partial charge in [0, 0.05) is 44.6 Å². The average Bonchev–Trinajstić information content (AvgIpc) is 3.02. The van der Waals surface area contributed by atoms with E-state index < -0.39 is 21.7 Å². The minimum atomic E-state index is -2.82. The third-order valence-corrected chi connectivity index (χ3v) is 11.6. The summed E-state index contributed by atoms with van der Waals surface area (Å²) >= 11 is 9.99. The van der Waals surface area contributed by atoms with Crippen LogP contribution in [0.25, 0.3) is 0 Å². The number of nitrogens with zero attached hydrogens (tertiary/aromatic N) is 1. The molecule has 2 aliphatic carbocycles. The molecule has 5 atom stereocenters. The summed E-state index contributed by atoms with van der Waals surface area (Å²) < 4.78 is 23.2. The highest BCUT2D eigenvalue weighted by Crippen LogP contribution is 2.46. The number of benzene rings is 2. The molecule has 1 saturated carbocycles. The maximum Gasteiger partial charge on any atom is 0.262 e. The molecule has 1 amide bonds. The monoisotopic (exact) mass is 646 g/mol. The highest BCUT2D eigenvalue weighted by atomic mass is 79.9. The highest BCUT2D eigenvalue weighted by molar-refractivity contribution is 9.11. The molecule has 2 bridgehead atoms. The predicted octanol–water partition coefficient (Wildman–Crippen LogP) is 5.63. The third kappa shape index (κ3) is 5.57. The number of halogens is 2. The van der Waals surface area contributed by atoms with E-state index in [1.807, 2.05) is 24.3 Å². The van der Waals surface area contributed by atoms with Gasteiger partial charge in [-0.15, -0.1) is 0 Å². The second kappa shape index (κ2) is 11.0. The Bertz CT molecular complexity index is 1460. The van der Waals surface area contributed by atoms with Crippen molar-refractivity contribution in [1.82, 2.24) is 4.72 Å². The number of carbonyl (C=O) groups is 1. The fourth-order valence-electron chi connectivity index (χ4n) is 6.95. The van der Waals surface area contributed by atoms with Gasteiger partial charge in [0.15, 0.2) is 0 Å². The van der Waals surface area contributed by atoms with Crippen molar-refractivity contribution in [2.45, 2.75) is 56.5 Å². The largest absolute Gasteiger partial charge is 0.490 e. The summed E-state index contributed by atoms with van der Waals surface area (Å²) in [7, 11) is -2.82. The van der Waals surface area contributed by atoms with Crippen molar-refractivity contribution in [3.05, 3.63) is 68.7 Å². The van der Waals surface area contributed by atoms with Crippen LogP contribution >= 0.6 is 27.5 Å². The number of hydrogen-bond acceptors (Lipinski definition) is 5. The number of ether oxygens (including phenoxy) is 1. The van der Waals surface area contributed by atoms with Crippen LogP contribution in [0, 0.1) is 11.8 Å². The van der Waals surface area contributed by atoms with Gasteiger partial charge in [-0.05, 0) is 115 Å².